The minimum atomic E-state index is 0.196. The Morgan fingerprint density at radius 2 is 2.21 bits per heavy atom. The standard InChI is InChI=1S/C17H21ClN4O2/c1-12-11-19-9-10-22(12)16(23)4-2-3-15-20-17(21-24-15)13-5-7-14(18)8-6-13/h5-8,12,19H,2-4,9-11H2,1H3. The van der Waals surface area contributed by atoms with E-state index in [1.54, 1.807) is 12.1 Å². The SMILES string of the molecule is CC1CNCCN1C(=O)CCCc1nc(-c2ccc(Cl)cc2)no1. The van der Waals surface area contributed by atoms with Crippen molar-refractivity contribution in [2.75, 3.05) is 19.6 Å². The number of carbonyl (C=O) groups is 1. The van der Waals surface area contributed by atoms with Crippen molar-refractivity contribution in [3.05, 3.63) is 35.2 Å². The van der Waals surface area contributed by atoms with Crippen LogP contribution >= 0.6 is 11.6 Å². The van der Waals surface area contributed by atoms with E-state index in [2.05, 4.69) is 22.4 Å². The lowest BCUT2D eigenvalue weighted by atomic mass is 10.1. The second-order valence-corrected chi connectivity index (χ2v) is 6.45. The second kappa shape index (κ2) is 7.77. The number of rotatable bonds is 5. The highest BCUT2D eigenvalue weighted by Crippen LogP contribution is 2.19. The van der Waals surface area contributed by atoms with Crippen LogP contribution in [0.2, 0.25) is 5.02 Å². The summed E-state index contributed by atoms with van der Waals surface area (Å²) in [5, 5.41) is 7.94. The van der Waals surface area contributed by atoms with Crippen molar-refractivity contribution >= 4 is 17.5 Å². The van der Waals surface area contributed by atoms with Gasteiger partial charge >= 0.3 is 0 Å². The van der Waals surface area contributed by atoms with Crippen LogP contribution in [0.5, 0.6) is 0 Å². The number of nitrogens with one attached hydrogen (secondary N) is 1. The molecule has 6 nitrogen and oxygen atoms in total. The molecule has 3 rings (SSSR count). The van der Waals surface area contributed by atoms with E-state index >= 15 is 0 Å². The molecule has 1 saturated heterocycles. The molecule has 1 aliphatic rings. The van der Waals surface area contributed by atoms with Gasteiger partial charge in [-0.15, -0.1) is 0 Å². The molecule has 0 saturated carbocycles. The first-order valence-corrected chi connectivity index (χ1v) is 8.60. The fraction of sp³-hybridized carbons (Fsp3) is 0.471. The van der Waals surface area contributed by atoms with E-state index in [1.807, 2.05) is 17.0 Å². The summed E-state index contributed by atoms with van der Waals surface area (Å²) in [6.45, 7) is 4.58. The number of hydrogen-bond donors (Lipinski definition) is 1. The molecule has 0 spiro atoms. The van der Waals surface area contributed by atoms with Crippen molar-refractivity contribution in [1.82, 2.24) is 20.4 Å². The topological polar surface area (TPSA) is 71.3 Å². The summed E-state index contributed by atoms with van der Waals surface area (Å²) in [6, 6.07) is 7.55. The molecule has 7 heteroatoms. The Hall–Kier alpha value is -1.92. The van der Waals surface area contributed by atoms with Crippen molar-refractivity contribution in [3.8, 4) is 11.4 Å². The largest absolute Gasteiger partial charge is 0.339 e. The van der Waals surface area contributed by atoms with Crippen LogP contribution < -0.4 is 5.32 Å². The third-order valence-corrected chi connectivity index (χ3v) is 4.43. The third-order valence-electron chi connectivity index (χ3n) is 4.17. The number of benzene rings is 1. The molecule has 0 aliphatic carbocycles. The van der Waals surface area contributed by atoms with Crippen molar-refractivity contribution in [2.24, 2.45) is 0 Å². The Kier molecular flexibility index (Phi) is 5.48. The van der Waals surface area contributed by atoms with Gasteiger partial charge < -0.3 is 14.7 Å². The lowest BCUT2D eigenvalue weighted by Gasteiger charge is -2.34. The Balaban J connectivity index is 1.50. The minimum Gasteiger partial charge on any atom is -0.339 e. The Labute approximate surface area is 146 Å². The molecule has 1 aromatic heterocycles. The zero-order chi connectivity index (χ0) is 16.9. The number of piperazine rings is 1. The first-order chi connectivity index (χ1) is 11.6. The predicted molar refractivity (Wildman–Crippen MR) is 91.7 cm³/mol. The number of aromatic nitrogens is 2. The summed E-state index contributed by atoms with van der Waals surface area (Å²) >= 11 is 5.87. The fourth-order valence-electron chi connectivity index (χ4n) is 2.82. The van der Waals surface area contributed by atoms with Crippen LogP contribution in [0, 0.1) is 0 Å². The molecule has 1 aliphatic heterocycles. The van der Waals surface area contributed by atoms with Crippen LogP contribution in [0.3, 0.4) is 0 Å². The summed E-state index contributed by atoms with van der Waals surface area (Å²) in [5.74, 6) is 1.30. The predicted octanol–water partition coefficient (Wildman–Crippen LogP) is 2.53. The van der Waals surface area contributed by atoms with Crippen molar-refractivity contribution in [1.29, 1.82) is 0 Å². The summed E-state index contributed by atoms with van der Waals surface area (Å²) in [6.07, 6.45) is 1.81. The van der Waals surface area contributed by atoms with Crippen molar-refractivity contribution in [3.63, 3.8) is 0 Å². The molecular weight excluding hydrogens is 328 g/mol. The first-order valence-electron chi connectivity index (χ1n) is 8.22. The van der Waals surface area contributed by atoms with E-state index in [9.17, 15) is 4.79 Å². The van der Waals surface area contributed by atoms with E-state index in [0.29, 0.717) is 36.0 Å². The average Bonchev–Trinajstić information content (AvgIpc) is 3.04. The van der Waals surface area contributed by atoms with Gasteiger partial charge in [0.2, 0.25) is 17.6 Å². The molecule has 2 aromatic rings. The third kappa shape index (κ3) is 4.13. The van der Waals surface area contributed by atoms with Crippen LogP contribution in [-0.2, 0) is 11.2 Å². The van der Waals surface area contributed by atoms with Crippen LogP contribution in [0.1, 0.15) is 25.7 Å². The highest BCUT2D eigenvalue weighted by atomic mass is 35.5. The van der Waals surface area contributed by atoms with E-state index in [1.165, 1.54) is 0 Å². The van der Waals surface area contributed by atoms with Crippen LogP contribution in [0.25, 0.3) is 11.4 Å². The first kappa shape index (κ1) is 16.9. The van der Waals surface area contributed by atoms with Gasteiger partial charge in [-0.05, 0) is 37.6 Å². The van der Waals surface area contributed by atoms with Gasteiger partial charge in [-0.25, -0.2) is 0 Å². The molecule has 128 valence electrons. The lowest BCUT2D eigenvalue weighted by molar-refractivity contribution is -0.134. The number of hydrogen-bond acceptors (Lipinski definition) is 5. The Morgan fingerprint density at radius 3 is 2.96 bits per heavy atom. The lowest BCUT2D eigenvalue weighted by Crippen LogP contribution is -2.52. The number of amides is 1. The maximum absolute atomic E-state index is 12.3. The van der Waals surface area contributed by atoms with Crippen molar-refractivity contribution in [2.45, 2.75) is 32.2 Å². The van der Waals surface area contributed by atoms with Gasteiger partial charge in [0.05, 0.1) is 0 Å². The van der Waals surface area contributed by atoms with Gasteiger partial charge in [0, 0.05) is 49.1 Å². The molecule has 24 heavy (non-hydrogen) atoms. The minimum absolute atomic E-state index is 0.196. The highest BCUT2D eigenvalue weighted by molar-refractivity contribution is 6.30. The van der Waals surface area contributed by atoms with Gasteiger partial charge in [0.25, 0.3) is 0 Å². The van der Waals surface area contributed by atoms with Crippen molar-refractivity contribution < 1.29 is 9.32 Å². The molecule has 1 unspecified atom stereocenters. The van der Waals surface area contributed by atoms with Crippen LogP contribution in [0.15, 0.2) is 28.8 Å². The summed E-state index contributed by atoms with van der Waals surface area (Å²) in [5.41, 5.74) is 0.861. The molecule has 1 atom stereocenters. The number of carbonyl (C=O) groups excluding carboxylic acids is 1. The number of aryl methyl sites for hydroxylation is 1. The summed E-state index contributed by atoms with van der Waals surface area (Å²) in [4.78, 5) is 18.6. The summed E-state index contributed by atoms with van der Waals surface area (Å²) < 4.78 is 5.27. The summed E-state index contributed by atoms with van der Waals surface area (Å²) in [7, 11) is 0. The quantitative estimate of drug-likeness (QED) is 0.899. The van der Waals surface area contributed by atoms with Gasteiger partial charge in [0.1, 0.15) is 0 Å². The molecule has 0 bridgehead atoms. The number of halogens is 1. The fourth-order valence-corrected chi connectivity index (χ4v) is 2.94. The maximum atomic E-state index is 12.3. The molecule has 2 heterocycles. The molecule has 1 fully saturated rings. The average molecular weight is 349 g/mol. The van der Waals surface area contributed by atoms with Gasteiger partial charge in [0.15, 0.2) is 0 Å². The normalized spacial score (nSPS) is 17.9. The molecule has 1 aromatic carbocycles. The number of nitrogens with zero attached hydrogens (tertiary/aromatic N) is 3. The van der Waals surface area contributed by atoms with E-state index in [-0.39, 0.29) is 11.9 Å². The zero-order valence-electron chi connectivity index (χ0n) is 13.7. The van der Waals surface area contributed by atoms with Gasteiger partial charge in [-0.2, -0.15) is 4.98 Å². The van der Waals surface area contributed by atoms with E-state index in [0.717, 1.165) is 25.2 Å². The van der Waals surface area contributed by atoms with Crippen LogP contribution in [0.4, 0.5) is 0 Å². The zero-order valence-corrected chi connectivity index (χ0v) is 14.4. The highest BCUT2D eigenvalue weighted by Gasteiger charge is 2.22. The second-order valence-electron chi connectivity index (χ2n) is 6.01. The Bertz CT molecular complexity index is 686. The molecule has 0 radical (unpaired) electrons. The maximum Gasteiger partial charge on any atom is 0.226 e. The smallest absolute Gasteiger partial charge is 0.226 e. The van der Waals surface area contributed by atoms with E-state index in [4.69, 9.17) is 16.1 Å². The molecule has 1 amide bonds. The monoisotopic (exact) mass is 348 g/mol. The van der Waals surface area contributed by atoms with Crippen LogP contribution in [-0.4, -0.2) is 46.6 Å². The van der Waals surface area contributed by atoms with Gasteiger partial charge in [-0.1, -0.05) is 16.8 Å². The van der Waals surface area contributed by atoms with Gasteiger partial charge in [-0.3, -0.25) is 4.79 Å². The molecular formula is C17H21ClN4O2. The molecule has 1 N–H and O–H groups in total. The van der Waals surface area contributed by atoms with E-state index < -0.39 is 0 Å². The Morgan fingerprint density at radius 1 is 1.42 bits per heavy atom.